The van der Waals surface area contributed by atoms with Crippen molar-refractivity contribution in [1.82, 2.24) is 10.2 Å². The van der Waals surface area contributed by atoms with Crippen LogP contribution in [0.25, 0.3) is 0 Å². The Hall–Kier alpha value is -0.0800. The molecule has 2 nitrogen and oxygen atoms in total. The summed E-state index contributed by atoms with van der Waals surface area (Å²) < 4.78 is 0. The lowest BCUT2D eigenvalue weighted by Gasteiger charge is -2.48. The molecule has 1 N–H and O–H groups in total. The van der Waals surface area contributed by atoms with E-state index in [4.69, 9.17) is 0 Å². The normalized spacial score (nSPS) is 37.8. The third kappa shape index (κ3) is 3.08. The molecule has 106 valence electrons. The smallest absolute Gasteiger partial charge is 0.0141 e. The molecule has 2 fully saturated rings. The van der Waals surface area contributed by atoms with Crippen molar-refractivity contribution in [3.63, 3.8) is 0 Å². The monoisotopic (exact) mass is 252 g/mol. The molecule has 18 heavy (non-hydrogen) atoms. The molecule has 1 aliphatic heterocycles. The quantitative estimate of drug-likeness (QED) is 0.825. The molecule has 0 amide bonds. The van der Waals surface area contributed by atoms with E-state index in [9.17, 15) is 0 Å². The second kappa shape index (κ2) is 5.50. The second-order valence-corrected chi connectivity index (χ2v) is 7.47. The SMILES string of the molecule is CCC1CCC(C)N1C1CCC1CNC(C)(C)C. The number of nitrogens with zero attached hydrogens (tertiary/aromatic N) is 1. The van der Waals surface area contributed by atoms with Gasteiger partial charge in [-0.05, 0) is 72.3 Å². The molecule has 0 bridgehead atoms. The number of rotatable bonds is 4. The van der Waals surface area contributed by atoms with Crippen LogP contribution in [0.4, 0.5) is 0 Å². The van der Waals surface area contributed by atoms with Gasteiger partial charge in [0.15, 0.2) is 0 Å². The van der Waals surface area contributed by atoms with Crippen molar-refractivity contribution in [2.24, 2.45) is 5.92 Å². The second-order valence-electron chi connectivity index (χ2n) is 7.47. The van der Waals surface area contributed by atoms with E-state index in [-0.39, 0.29) is 5.54 Å². The van der Waals surface area contributed by atoms with Crippen molar-refractivity contribution in [3.05, 3.63) is 0 Å². The van der Waals surface area contributed by atoms with Crippen molar-refractivity contribution >= 4 is 0 Å². The summed E-state index contributed by atoms with van der Waals surface area (Å²) in [5, 5.41) is 3.70. The molecule has 0 aromatic rings. The van der Waals surface area contributed by atoms with E-state index in [0.717, 1.165) is 24.0 Å². The maximum Gasteiger partial charge on any atom is 0.0141 e. The van der Waals surface area contributed by atoms with E-state index in [1.165, 1.54) is 38.6 Å². The first-order valence-corrected chi connectivity index (χ1v) is 7.95. The molecule has 0 aromatic heterocycles. The van der Waals surface area contributed by atoms with E-state index in [1.54, 1.807) is 0 Å². The predicted octanol–water partition coefficient (Wildman–Crippen LogP) is 3.42. The van der Waals surface area contributed by atoms with Gasteiger partial charge >= 0.3 is 0 Å². The van der Waals surface area contributed by atoms with Crippen LogP contribution < -0.4 is 5.32 Å². The first kappa shape index (κ1) is 14.3. The molecule has 1 heterocycles. The van der Waals surface area contributed by atoms with Gasteiger partial charge in [-0.3, -0.25) is 4.90 Å². The molecule has 0 spiro atoms. The number of hydrogen-bond acceptors (Lipinski definition) is 2. The Morgan fingerprint density at radius 1 is 1.11 bits per heavy atom. The highest BCUT2D eigenvalue weighted by Crippen LogP contribution is 2.39. The molecule has 1 aliphatic carbocycles. The summed E-state index contributed by atoms with van der Waals surface area (Å²) in [7, 11) is 0. The van der Waals surface area contributed by atoms with E-state index in [0.29, 0.717) is 0 Å². The van der Waals surface area contributed by atoms with Crippen LogP contribution in [0, 0.1) is 5.92 Å². The summed E-state index contributed by atoms with van der Waals surface area (Å²) in [6.07, 6.45) is 7.02. The maximum atomic E-state index is 3.70. The Labute approximate surface area is 114 Å². The largest absolute Gasteiger partial charge is 0.312 e. The van der Waals surface area contributed by atoms with Crippen molar-refractivity contribution in [2.45, 2.75) is 90.4 Å². The predicted molar refractivity (Wildman–Crippen MR) is 78.9 cm³/mol. The number of likely N-dealkylation sites (tertiary alicyclic amines) is 1. The Morgan fingerprint density at radius 3 is 2.33 bits per heavy atom. The van der Waals surface area contributed by atoms with Gasteiger partial charge in [0.1, 0.15) is 0 Å². The highest BCUT2D eigenvalue weighted by atomic mass is 15.2. The van der Waals surface area contributed by atoms with Crippen LogP contribution in [0.15, 0.2) is 0 Å². The summed E-state index contributed by atoms with van der Waals surface area (Å²) in [4.78, 5) is 2.86. The van der Waals surface area contributed by atoms with Gasteiger partial charge in [0.05, 0.1) is 0 Å². The molecule has 2 rings (SSSR count). The molecule has 1 saturated carbocycles. The summed E-state index contributed by atoms with van der Waals surface area (Å²) in [6, 6.07) is 2.54. The standard InChI is InChI=1S/C16H32N2/c1-6-14-9-7-12(2)18(14)15-10-8-13(15)11-17-16(3,4)5/h12-15,17H,6-11H2,1-5H3. The molecule has 0 radical (unpaired) electrons. The van der Waals surface area contributed by atoms with E-state index in [2.05, 4.69) is 44.8 Å². The van der Waals surface area contributed by atoms with Gasteiger partial charge in [-0.1, -0.05) is 6.92 Å². The van der Waals surface area contributed by atoms with Crippen LogP contribution >= 0.6 is 0 Å². The Balaban J connectivity index is 1.89. The lowest BCUT2D eigenvalue weighted by Crippen LogP contribution is -2.55. The lowest BCUT2D eigenvalue weighted by atomic mass is 9.77. The van der Waals surface area contributed by atoms with Gasteiger partial charge < -0.3 is 5.32 Å². The average molecular weight is 252 g/mol. The molecular formula is C16H32N2. The fourth-order valence-electron chi connectivity index (χ4n) is 3.72. The zero-order valence-corrected chi connectivity index (χ0v) is 13.0. The maximum absolute atomic E-state index is 3.70. The Kier molecular flexibility index (Phi) is 4.38. The minimum atomic E-state index is 0.265. The Morgan fingerprint density at radius 2 is 1.83 bits per heavy atom. The van der Waals surface area contributed by atoms with Gasteiger partial charge in [0, 0.05) is 23.7 Å². The average Bonchev–Trinajstić information content (AvgIpc) is 2.58. The van der Waals surface area contributed by atoms with Crippen LogP contribution in [-0.4, -0.2) is 35.1 Å². The van der Waals surface area contributed by atoms with Crippen LogP contribution in [0.3, 0.4) is 0 Å². The van der Waals surface area contributed by atoms with E-state index >= 15 is 0 Å². The van der Waals surface area contributed by atoms with Gasteiger partial charge in [-0.2, -0.15) is 0 Å². The number of nitrogens with one attached hydrogen (secondary N) is 1. The molecule has 4 atom stereocenters. The fraction of sp³-hybridized carbons (Fsp3) is 1.00. The third-order valence-corrected chi connectivity index (χ3v) is 4.97. The highest BCUT2D eigenvalue weighted by molar-refractivity contribution is 4.98. The molecular weight excluding hydrogens is 220 g/mol. The highest BCUT2D eigenvalue weighted by Gasteiger charge is 2.42. The Bertz CT molecular complexity index is 269. The van der Waals surface area contributed by atoms with E-state index in [1.807, 2.05) is 0 Å². The minimum Gasteiger partial charge on any atom is -0.312 e. The van der Waals surface area contributed by atoms with Gasteiger partial charge in [0.2, 0.25) is 0 Å². The molecule has 1 saturated heterocycles. The third-order valence-electron chi connectivity index (χ3n) is 4.97. The zero-order chi connectivity index (χ0) is 13.3. The summed E-state index contributed by atoms with van der Waals surface area (Å²) >= 11 is 0. The zero-order valence-electron chi connectivity index (χ0n) is 13.0. The van der Waals surface area contributed by atoms with Crippen LogP contribution in [0.5, 0.6) is 0 Å². The topological polar surface area (TPSA) is 15.3 Å². The van der Waals surface area contributed by atoms with Crippen molar-refractivity contribution < 1.29 is 0 Å². The minimum absolute atomic E-state index is 0.265. The lowest BCUT2D eigenvalue weighted by molar-refractivity contribution is 0.0234. The first-order chi connectivity index (χ1) is 8.42. The summed E-state index contributed by atoms with van der Waals surface area (Å²) in [5.41, 5.74) is 0.265. The van der Waals surface area contributed by atoms with Crippen LogP contribution in [0.2, 0.25) is 0 Å². The molecule has 4 unspecified atom stereocenters. The molecule has 2 heteroatoms. The van der Waals surface area contributed by atoms with Crippen molar-refractivity contribution in [3.8, 4) is 0 Å². The van der Waals surface area contributed by atoms with Crippen LogP contribution in [0.1, 0.15) is 66.7 Å². The fourth-order valence-corrected chi connectivity index (χ4v) is 3.72. The van der Waals surface area contributed by atoms with Gasteiger partial charge in [-0.15, -0.1) is 0 Å². The molecule has 2 aliphatic rings. The van der Waals surface area contributed by atoms with E-state index < -0.39 is 0 Å². The van der Waals surface area contributed by atoms with Gasteiger partial charge in [0.25, 0.3) is 0 Å². The molecule has 0 aromatic carbocycles. The number of hydrogen-bond donors (Lipinski definition) is 1. The van der Waals surface area contributed by atoms with Crippen molar-refractivity contribution in [1.29, 1.82) is 0 Å². The van der Waals surface area contributed by atoms with Gasteiger partial charge in [-0.25, -0.2) is 0 Å². The summed E-state index contributed by atoms with van der Waals surface area (Å²) in [6.45, 7) is 12.8. The van der Waals surface area contributed by atoms with Crippen LogP contribution in [-0.2, 0) is 0 Å². The summed E-state index contributed by atoms with van der Waals surface area (Å²) in [5.74, 6) is 0.888. The van der Waals surface area contributed by atoms with Crippen molar-refractivity contribution in [2.75, 3.05) is 6.54 Å². The first-order valence-electron chi connectivity index (χ1n) is 7.95.